The summed E-state index contributed by atoms with van der Waals surface area (Å²) in [6.45, 7) is 1.87. The molecule has 0 amide bonds. The van der Waals surface area contributed by atoms with Crippen molar-refractivity contribution < 1.29 is 19.0 Å². The van der Waals surface area contributed by atoms with Crippen LogP contribution >= 0.6 is 0 Å². The van der Waals surface area contributed by atoms with E-state index in [0.29, 0.717) is 0 Å². The summed E-state index contributed by atoms with van der Waals surface area (Å²) < 4.78 is 15.3. The monoisotopic (exact) mass is 312 g/mol. The Labute approximate surface area is 136 Å². The van der Waals surface area contributed by atoms with Gasteiger partial charge < -0.3 is 14.2 Å². The van der Waals surface area contributed by atoms with Crippen molar-refractivity contribution in [2.75, 3.05) is 21.3 Å². The van der Waals surface area contributed by atoms with Gasteiger partial charge in [-0.15, -0.1) is 0 Å². The lowest BCUT2D eigenvalue weighted by molar-refractivity contribution is -0.134. The van der Waals surface area contributed by atoms with Crippen LogP contribution < -0.4 is 9.47 Å². The van der Waals surface area contributed by atoms with Gasteiger partial charge in [-0.25, -0.2) is 4.79 Å². The highest BCUT2D eigenvalue weighted by Gasteiger charge is 2.09. The lowest BCUT2D eigenvalue weighted by atomic mass is 9.98. The van der Waals surface area contributed by atoms with E-state index in [1.807, 2.05) is 49.4 Å². The standard InChI is InChI=1S/C19H20O4/c1-13(11-19(20)23-4)15-7-10-18(22-3)17(12-15)14-5-8-16(21-2)9-6-14/h5-12H,1-4H3/b13-11+. The molecule has 0 fully saturated rings. The fraction of sp³-hybridized carbons (Fsp3) is 0.211. The maximum Gasteiger partial charge on any atom is 0.330 e. The fourth-order valence-electron chi connectivity index (χ4n) is 2.27. The number of hydrogen-bond donors (Lipinski definition) is 0. The predicted molar refractivity (Wildman–Crippen MR) is 90.6 cm³/mol. The van der Waals surface area contributed by atoms with Crippen molar-refractivity contribution in [2.45, 2.75) is 6.92 Å². The number of benzene rings is 2. The molecule has 0 heterocycles. The summed E-state index contributed by atoms with van der Waals surface area (Å²) in [7, 11) is 4.64. The van der Waals surface area contributed by atoms with Gasteiger partial charge in [0, 0.05) is 11.6 Å². The molecule has 0 spiro atoms. The van der Waals surface area contributed by atoms with Crippen LogP contribution in [0.2, 0.25) is 0 Å². The first-order chi connectivity index (χ1) is 11.1. The largest absolute Gasteiger partial charge is 0.497 e. The zero-order valence-electron chi connectivity index (χ0n) is 13.8. The minimum absolute atomic E-state index is 0.371. The van der Waals surface area contributed by atoms with Gasteiger partial charge >= 0.3 is 5.97 Å². The molecule has 2 aromatic carbocycles. The Balaban J connectivity index is 2.46. The molecule has 0 aromatic heterocycles. The molecule has 0 unspecified atom stereocenters. The molecular formula is C19H20O4. The molecule has 4 nitrogen and oxygen atoms in total. The molecule has 120 valence electrons. The van der Waals surface area contributed by atoms with Crippen molar-refractivity contribution in [1.29, 1.82) is 0 Å². The van der Waals surface area contributed by atoms with Gasteiger partial charge in [0.25, 0.3) is 0 Å². The predicted octanol–water partition coefficient (Wildman–Crippen LogP) is 3.95. The summed E-state index contributed by atoms with van der Waals surface area (Å²) >= 11 is 0. The van der Waals surface area contributed by atoms with Crippen LogP contribution in [0.1, 0.15) is 12.5 Å². The zero-order chi connectivity index (χ0) is 16.8. The van der Waals surface area contributed by atoms with E-state index in [0.717, 1.165) is 33.8 Å². The Kier molecular flexibility index (Phi) is 5.41. The second-order valence-corrected chi connectivity index (χ2v) is 4.99. The average Bonchev–Trinajstić information content (AvgIpc) is 2.61. The molecule has 2 rings (SSSR count). The number of allylic oxidation sites excluding steroid dienone is 1. The summed E-state index contributed by atoms with van der Waals surface area (Å²) in [5.41, 5.74) is 3.72. The average molecular weight is 312 g/mol. The first-order valence-electron chi connectivity index (χ1n) is 7.18. The van der Waals surface area contributed by atoms with E-state index in [1.54, 1.807) is 14.2 Å². The number of methoxy groups -OCH3 is 3. The third-order valence-electron chi connectivity index (χ3n) is 3.59. The third kappa shape index (κ3) is 3.92. The van der Waals surface area contributed by atoms with Crippen LogP contribution in [0.15, 0.2) is 48.5 Å². The zero-order valence-corrected chi connectivity index (χ0v) is 13.8. The molecule has 4 heteroatoms. The molecule has 0 saturated heterocycles. The molecule has 23 heavy (non-hydrogen) atoms. The van der Waals surface area contributed by atoms with Gasteiger partial charge in [-0.1, -0.05) is 18.2 Å². The molecule has 0 atom stereocenters. The summed E-state index contributed by atoms with van der Waals surface area (Å²) in [6, 6.07) is 13.6. The van der Waals surface area contributed by atoms with E-state index < -0.39 is 0 Å². The highest BCUT2D eigenvalue weighted by atomic mass is 16.5. The van der Waals surface area contributed by atoms with Crippen molar-refractivity contribution in [2.24, 2.45) is 0 Å². The van der Waals surface area contributed by atoms with Crippen molar-refractivity contribution in [3.63, 3.8) is 0 Å². The molecule has 0 radical (unpaired) electrons. The van der Waals surface area contributed by atoms with E-state index in [2.05, 4.69) is 4.74 Å². The van der Waals surface area contributed by atoms with Gasteiger partial charge in [-0.2, -0.15) is 0 Å². The van der Waals surface area contributed by atoms with Gasteiger partial charge in [0.15, 0.2) is 0 Å². The third-order valence-corrected chi connectivity index (χ3v) is 3.59. The van der Waals surface area contributed by atoms with Gasteiger partial charge in [-0.05, 0) is 47.9 Å². The van der Waals surface area contributed by atoms with Crippen molar-refractivity contribution in [3.05, 3.63) is 54.1 Å². The summed E-state index contributed by atoms with van der Waals surface area (Å²) in [5.74, 6) is 1.19. The van der Waals surface area contributed by atoms with E-state index in [4.69, 9.17) is 9.47 Å². The van der Waals surface area contributed by atoms with Gasteiger partial charge in [0.1, 0.15) is 11.5 Å². The number of rotatable bonds is 5. The normalized spacial score (nSPS) is 11.0. The van der Waals surface area contributed by atoms with Crippen LogP contribution in [0.5, 0.6) is 11.5 Å². The topological polar surface area (TPSA) is 44.8 Å². The highest BCUT2D eigenvalue weighted by molar-refractivity contribution is 5.91. The van der Waals surface area contributed by atoms with Crippen molar-refractivity contribution in [3.8, 4) is 22.6 Å². The number of hydrogen-bond acceptors (Lipinski definition) is 4. The van der Waals surface area contributed by atoms with E-state index >= 15 is 0 Å². The van der Waals surface area contributed by atoms with Gasteiger partial charge in [0.2, 0.25) is 0 Å². The Morgan fingerprint density at radius 1 is 0.957 bits per heavy atom. The number of carbonyl (C=O) groups is 1. The summed E-state index contributed by atoms with van der Waals surface area (Å²) in [6.07, 6.45) is 1.47. The van der Waals surface area contributed by atoms with Gasteiger partial charge in [-0.3, -0.25) is 0 Å². The maximum atomic E-state index is 11.4. The number of ether oxygens (including phenoxy) is 3. The minimum atomic E-state index is -0.371. The van der Waals surface area contributed by atoms with E-state index in [9.17, 15) is 4.79 Å². The van der Waals surface area contributed by atoms with Crippen LogP contribution in [0.3, 0.4) is 0 Å². The Bertz CT molecular complexity index is 715. The van der Waals surface area contributed by atoms with Crippen molar-refractivity contribution in [1.82, 2.24) is 0 Å². The quantitative estimate of drug-likeness (QED) is 0.619. The number of carbonyl (C=O) groups excluding carboxylic acids is 1. The Morgan fingerprint density at radius 2 is 1.65 bits per heavy atom. The molecule has 0 aliphatic rings. The SMILES string of the molecule is COC(=O)/C=C(\C)c1ccc(OC)c(-c2ccc(OC)cc2)c1. The second-order valence-electron chi connectivity index (χ2n) is 4.99. The maximum absolute atomic E-state index is 11.4. The lowest BCUT2D eigenvalue weighted by Crippen LogP contribution is -1.96. The van der Waals surface area contributed by atoms with Crippen LogP contribution in [-0.2, 0) is 9.53 Å². The van der Waals surface area contributed by atoms with E-state index in [1.165, 1.54) is 13.2 Å². The first kappa shape index (κ1) is 16.6. The van der Waals surface area contributed by atoms with Crippen LogP contribution in [0, 0.1) is 0 Å². The van der Waals surface area contributed by atoms with Crippen LogP contribution in [0.25, 0.3) is 16.7 Å². The Morgan fingerprint density at radius 3 is 2.22 bits per heavy atom. The van der Waals surface area contributed by atoms with Gasteiger partial charge in [0.05, 0.1) is 21.3 Å². The lowest BCUT2D eigenvalue weighted by Gasteiger charge is -2.12. The first-order valence-corrected chi connectivity index (χ1v) is 7.18. The molecule has 2 aromatic rings. The molecule has 0 aliphatic heterocycles. The fourth-order valence-corrected chi connectivity index (χ4v) is 2.27. The minimum Gasteiger partial charge on any atom is -0.497 e. The molecule has 0 saturated carbocycles. The molecular weight excluding hydrogens is 292 g/mol. The summed E-state index contributed by atoms with van der Waals surface area (Å²) in [5, 5.41) is 0. The second kappa shape index (κ2) is 7.49. The number of esters is 1. The van der Waals surface area contributed by atoms with E-state index in [-0.39, 0.29) is 5.97 Å². The van der Waals surface area contributed by atoms with Crippen LogP contribution in [-0.4, -0.2) is 27.3 Å². The van der Waals surface area contributed by atoms with Crippen LogP contribution in [0.4, 0.5) is 0 Å². The Hall–Kier alpha value is -2.75. The molecule has 0 aliphatic carbocycles. The molecule has 0 bridgehead atoms. The summed E-state index contributed by atoms with van der Waals surface area (Å²) in [4.78, 5) is 11.4. The molecule has 0 N–H and O–H groups in total. The highest BCUT2D eigenvalue weighted by Crippen LogP contribution is 2.33. The van der Waals surface area contributed by atoms with Crippen molar-refractivity contribution >= 4 is 11.5 Å². The smallest absolute Gasteiger partial charge is 0.330 e.